The minimum Gasteiger partial charge on any atom is -0.478 e. The molecule has 5 nitrogen and oxygen atoms in total. The fraction of sp³-hybridized carbons (Fsp3) is 0.0714. The zero-order valence-corrected chi connectivity index (χ0v) is 10.6. The van der Waals surface area contributed by atoms with Gasteiger partial charge in [-0.05, 0) is 36.8 Å². The molecule has 0 aliphatic rings. The maximum Gasteiger partial charge on any atom is 0.337 e. The van der Waals surface area contributed by atoms with Gasteiger partial charge in [0.2, 0.25) is 0 Å². The Hall–Kier alpha value is -2.76. The van der Waals surface area contributed by atoms with Crippen molar-refractivity contribution in [2.24, 2.45) is 0 Å². The van der Waals surface area contributed by atoms with Crippen molar-refractivity contribution in [2.45, 2.75) is 6.92 Å². The molecule has 2 aromatic rings. The number of amides is 1. The lowest BCUT2D eigenvalue weighted by atomic mass is 10.1. The number of carboxylic acids is 1. The third-order valence-corrected chi connectivity index (χ3v) is 2.69. The molecule has 1 aromatic heterocycles. The molecule has 0 bridgehead atoms. The Morgan fingerprint density at radius 3 is 2.45 bits per heavy atom. The van der Waals surface area contributed by atoms with E-state index in [-0.39, 0.29) is 16.9 Å². The second-order valence-electron chi connectivity index (χ2n) is 4.16. The molecule has 0 aliphatic heterocycles. The highest BCUT2D eigenvalue weighted by molar-refractivity contribution is 6.03. The van der Waals surface area contributed by atoms with E-state index in [9.17, 15) is 14.0 Å². The minimum absolute atomic E-state index is 0.0179. The number of halogens is 1. The van der Waals surface area contributed by atoms with Crippen LogP contribution in [-0.4, -0.2) is 22.0 Å². The highest BCUT2D eigenvalue weighted by Crippen LogP contribution is 2.12. The molecule has 1 heterocycles. The van der Waals surface area contributed by atoms with Gasteiger partial charge in [0.15, 0.2) is 0 Å². The fourth-order valence-corrected chi connectivity index (χ4v) is 1.52. The van der Waals surface area contributed by atoms with Crippen molar-refractivity contribution in [2.75, 3.05) is 5.32 Å². The molecule has 0 unspecified atom stereocenters. The number of aryl methyl sites for hydroxylation is 1. The maximum atomic E-state index is 13.4. The summed E-state index contributed by atoms with van der Waals surface area (Å²) in [6.07, 6.45) is 1.13. The van der Waals surface area contributed by atoms with Crippen LogP contribution in [0.25, 0.3) is 0 Å². The highest BCUT2D eigenvalue weighted by Gasteiger charge is 2.10. The second-order valence-corrected chi connectivity index (χ2v) is 4.16. The number of aromatic carboxylic acids is 1. The Bertz CT molecular complexity index is 669. The highest BCUT2D eigenvalue weighted by atomic mass is 19.1. The van der Waals surface area contributed by atoms with Crippen LogP contribution in [0.15, 0.2) is 36.5 Å². The quantitative estimate of drug-likeness (QED) is 0.901. The standard InChI is InChI=1S/C14H11FN2O3/c1-8-2-3-9(6-11(8)15)13(18)17-12-5-4-10(7-16-12)14(19)20/h2-7H,1H3,(H,19,20)(H,16,17,18). The number of pyridine rings is 1. The molecule has 0 atom stereocenters. The Morgan fingerprint density at radius 1 is 1.20 bits per heavy atom. The zero-order chi connectivity index (χ0) is 14.7. The molecule has 2 N–H and O–H groups in total. The van der Waals surface area contributed by atoms with Gasteiger partial charge >= 0.3 is 5.97 Å². The number of hydrogen-bond donors (Lipinski definition) is 2. The molecule has 20 heavy (non-hydrogen) atoms. The summed E-state index contributed by atoms with van der Waals surface area (Å²) in [5, 5.41) is 11.2. The molecule has 1 amide bonds. The molecule has 102 valence electrons. The van der Waals surface area contributed by atoms with Crippen LogP contribution in [0.4, 0.5) is 10.2 Å². The number of rotatable bonds is 3. The molecule has 2 rings (SSSR count). The van der Waals surface area contributed by atoms with E-state index in [0.717, 1.165) is 12.3 Å². The zero-order valence-electron chi connectivity index (χ0n) is 10.6. The normalized spacial score (nSPS) is 10.1. The van der Waals surface area contributed by atoms with Crippen LogP contribution in [-0.2, 0) is 0 Å². The molecular weight excluding hydrogens is 263 g/mol. The topological polar surface area (TPSA) is 79.3 Å². The van der Waals surface area contributed by atoms with Gasteiger partial charge in [0.05, 0.1) is 5.56 Å². The number of carbonyl (C=O) groups is 2. The number of anilines is 1. The van der Waals surface area contributed by atoms with E-state index in [4.69, 9.17) is 5.11 Å². The summed E-state index contributed by atoms with van der Waals surface area (Å²) < 4.78 is 13.4. The van der Waals surface area contributed by atoms with Crippen LogP contribution < -0.4 is 5.32 Å². The van der Waals surface area contributed by atoms with E-state index in [1.165, 1.54) is 24.3 Å². The van der Waals surface area contributed by atoms with Crippen LogP contribution in [0.3, 0.4) is 0 Å². The summed E-state index contributed by atoms with van der Waals surface area (Å²) in [6.45, 7) is 1.60. The van der Waals surface area contributed by atoms with Crippen molar-refractivity contribution in [1.29, 1.82) is 0 Å². The molecule has 0 fully saturated rings. The van der Waals surface area contributed by atoms with E-state index in [1.807, 2.05) is 0 Å². The Balaban J connectivity index is 2.14. The van der Waals surface area contributed by atoms with Crippen LogP contribution in [0.2, 0.25) is 0 Å². The van der Waals surface area contributed by atoms with E-state index in [1.54, 1.807) is 6.92 Å². The Morgan fingerprint density at radius 2 is 1.90 bits per heavy atom. The third-order valence-electron chi connectivity index (χ3n) is 2.69. The number of aromatic nitrogens is 1. The van der Waals surface area contributed by atoms with Gasteiger partial charge in [0.25, 0.3) is 5.91 Å². The van der Waals surface area contributed by atoms with Gasteiger partial charge in [0.1, 0.15) is 11.6 Å². The summed E-state index contributed by atoms with van der Waals surface area (Å²) in [6, 6.07) is 6.83. The van der Waals surface area contributed by atoms with Gasteiger partial charge in [-0.1, -0.05) is 6.07 Å². The minimum atomic E-state index is -1.10. The van der Waals surface area contributed by atoms with Crippen molar-refractivity contribution in [3.8, 4) is 0 Å². The SMILES string of the molecule is Cc1ccc(C(=O)Nc2ccc(C(=O)O)cn2)cc1F. The third kappa shape index (κ3) is 2.97. The largest absolute Gasteiger partial charge is 0.478 e. The Kier molecular flexibility index (Phi) is 3.74. The lowest BCUT2D eigenvalue weighted by molar-refractivity contribution is 0.0696. The molecular formula is C14H11FN2O3. The molecule has 6 heteroatoms. The summed E-state index contributed by atoms with van der Waals surface area (Å²) in [4.78, 5) is 26.3. The van der Waals surface area contributed by atoms with Crippen LogP contribution in [0.1, 0.15) is 26.3 Å². The molecule has 0 spiro atoms. The number of nitrogens with zero attached hydrogens (tertiary/aromatic N) is 1. The monoisotopic (exact) mass is 274 g/mol. The first-order valence-corrected chi connectivity index (χ1v) is 5.74. The van der Waals surface area contributed by atoms with Crippen molar-refractivity contribution in [3.05, 3.63) is 59.0 Å². The summed E-state index contributed by atoms with van der Waals surface area (Å²) in [7, 11) is 0. The van der Waals surface area contributed by atoms with E-state index < -0.39 is 17.7 Å². The molecule has 1 aromatic carbocycles. The van der Waals surface area contributed by atoms with Gasteiger partial charge in [-0.2, -0.15) is 0 Å². The second kappa shape index (κ2) is 5.48. The fourth-order valence-electron chi connectivity index (χ4n) is 1.52. The number of carbonyl (C=O) groups excluding carboxylic acids is 1. The number of carboxylic acid groups (broad SMARTS) is 1. The lowest BCUT2D eigenvalue weighted by Crippen LogP contribution is -2.13. The van der Waals surface area contributed by atoms with Gasteiger partial charge in [-0.15, -0.1) is 0 Å². The summed E-state index contributed by atoms with van der Waals surface area (Å²) in [5.74, 6) is -1.89. The Labute approximate surface area is 114 Å². The first-order valence-electron chi connectivity index (χ1n) is 5.74. The van der Waals surface area contributed by atoms with Crippen molar-refractivity contribution < 1.29 is 19.1 Å². The number of hydrogen-bond acceptors (Lipinski definition) is 3. The van der Waals surface area contributed by atoms with Crippen molar-refractivity contribution in [3.63, 3.8) is 0 Å². The predicted octanol–water partition coefficient (Wildman–Crippen LogP) is 2.48. The van der Waals surface area contributed by atoms with Crippen LogP contribution >= 0.6 is 0 Å². The van der Waals surface area contributed by atoms with Gasteiger partial charge < -0.3 is 10.4 Å². The average Bonchev–Trinajstić information content (AvgIpc) is 2.42. The van der Waals surface area contributed by atoms with E-state index in [2.05, 4.69) is 10.3 Å². The lowest BCUT2D eigenvalue weighted by Gasteiger charge is -2.05. The van der Waals surface area contributed by atoms with Crippen molar-refractivity contribution >= 4 is 17.7 Å². The summed E-state index contributed by atoms with van der Waals surface area (Å²) >= 11 is 0. The van der Waals surface area contributed by atoms with E-state index >= 15 is 0 Å². The van der Waals surface area contributed by atoms with Crippen molar-refractivity contribution in [1.82, 2.24) is 4.98 Å². The summed E-state index contributed by atoms with van der Waals surface area (Å²) in [5.41, 5.74) is 0.632. The smallest absolute Gasteiger partial charge is 0.337 e. The predicted molar refractivity (Wildman–Crippen MR) is 70.3 cm³/mol. The van der Waals surface area contributed by atoms with Gasteiger partial charge in [0, 0.05) is 11.8 Å². The number of nitrogens with one attached hydrogen (secondary N) is 1. The molecule has 0 aliphatic carbocycles. The van der Waals surface area contributed by atoms with Crippen LogP contribution in [0.5, 0.6) is 0 Å². The van der Waals surface area contributed by atoms with Crippen LogP contribution in [0, 0.1) is 12.7 Å². The first kappa shape index (κ1) is 13.7. The first-order chi connectivity index (χ1) is 9.47. The van der Waals surface area contributed by atoms with E-state index in [0.29, 0.717) is 5.56 Å². The van der Waals surface area contributed by atoms with Gasteiger partial charge in [-0.3, -0.25) is 4.79 Å². The molecule has 0 saturated heterocycles. The average molecular weight is 274 g/mol. The molecule has 0 radical (unpaired) electrons. The van der Waals surface area contributed by atoms with Gasteiger partial charge in [-0.25, -0.2) is 14.2 Å². The molecule has 0 saturated carbocycles. The number of benzene rings is 1. The maximum absolute atomic E-state index is 13.4.